The molecule has 4 amide bonds. The molecule has 3 unspecified atom stereocenters. The number of fused-ring (bicyclic) bond motifs is 1. The van der Waals surface area contributed by atoms with Crippen LogP contribution < -0.4 is 35.8 Å². The average Bonchev–Trinajstić information content (AvgIpc) is 3.53. The molecule has 0 radical (unpaired) electrons. The lowest BCUT2D eigenvalue weighted by atomic mass is 9.93. The van der Waals surface area contributed by atoms with Gasteiger partial charge in [0.15, 0.2) is 5.82 Å². The van der Waals surface area contributed by atoms with Gasteiger partial charge in [-0.1, -0.05) is 23.7 Å². The van der Waals surface area contributed by atoms with E-state index in [-0.39, 0.29) is 41.5 Å². The Balaban J connectivity index is 0.862. The van der Waals surface area contributed by atoms with Gasteiger partial charge in [-0.15, -0.1) is 0 Å². The average molecular weight is 900 g/mol. The van der Waals surface area contributed by atoms with Gasteiger partial charge >= 0.3 is 7.60 Å². The molecule has 3 aromatic carbocycles. The fourth-order valence-corrected chi connectivity index (χ4v) is 10.5. The van der Waals surface area contributed by atoms with Gasteiger partial charge in [-0.05, 0) is 81.5 Å². The number of piperazine rings is 1. The topological polar surface area (TPSA) is 188 Å². The van der Waals surface area contributed by atoms with Gasteiger partial charge in [-0.3, -0.25) is 38.9 Å². The highest BCUT2D eigenvalue weighted by Gasteiger charge is 2.45. The minimum Gasteiger partial charge on any atom is -0.494 e. The molecule has 1 aromatic heterocycles. The number of piperidine rings is 2. The summed E-state index contributed by atoms with van der Waals surface area (Å²) in [6, 6.07) is 17.8. The van der Waals surface area contributed by atoms with E-state index in [0.29, 0.717) is 39.7 Å². The summed E-state index contributed by atoms with van der Waals surface area (Å²) in [6.45, 7) is 8.78. The van der Waals surface area contributed by atoms with Gasteiger partial charge in [0.2, 0.25) is 17.8 Å². The Labute approximate surface area is 370 Å². The van der Waals surface area contributed by atoms with Crippen LogP contribution in [-0.4, -0.2) is 116 Å². The van der Waals surface area contributed by atoms with Crippen LogP contribution in [0.4, 0.5) is 34.5 Å². The van der Waals surface area contributed by atoms with Crippen molar-refractivity contribution in [3.8, 4) is 5.75 Å². The molecule has 3 N–H and O–H groups in total. The number of anilines is 6. The molecule has 63 heavy (non-hydrogen) atoms. The fraction of sp³-hybridized carbons (Fsp3) is 0.409. The number of halogens is 1. The molecule has 0 saturated carbocycles. The number of carbonyl (C=O) groups is 4. The zero-order valence-electron chi connectivity index (χ0n) is 35.8. The van der Waals surface area contributed by atoms with Crippen molar-refractivity contribution in [2.45, 2.75) is 57.7 Å². The van der Waals surface area contributed by atoms with Gasteiger partial charge in [0.1, 0.15) is 16.8 Å². The number of hydrogen-bond donors (Lipinski definition) is 3. The summed E-state index contributed by atoms with van der Waals surface area (Å²) in [7, 11) is 0.701. The Kier molecular flexibility index (Phi) is 12.8. The van der Waals surface area contributed by atoms with Crippen molar-refractivity contribution in [3.05, 3.63) is 83.0 Å². The smallest absolute Gasteiger partial charge is 0.362 e. The molecule has 4 aromatic rings. The van der Waals surface area contributed by atoms with Crippen LogP contribution in [0.5, 0.6) is 5.75 Å². The van der Waals surface area contributed by atoms with Crippen molar-refractivity contribution in [1.29, 1.82) is 0 Å². The van der Waals surface area contributed by atoms with Crippen LogP contribution >= 0.6 is 19.2 Å². The maximum atomic E-state index is 13.5. The number of ether oxygens (including phenoxy) is 1. The predicted octanol–water partition coefficient (Wildman–Crippen LogP) is 5.95. The zero-order valence-corrected chi connectivity index (χ0v) is 37.4. The minimum absolute atomic E-state index is 0.0808. The van der Waals surface area contributed by atoms with Gasteiger partial charge in [-0.2, -0.15) is 4.98 Å². The molecular formula is C44H51ClN9O8P. The molecule has 3 fully saturated rings. The summed E-state index contributed by atoms with van der Waals surface area (Å²) in [5.74, 6) is -0.296. The summed E-state index contributed by atoms with van der Waals surface area (Å²) in [6.07, 6.45) is 3.75. The first-order chi connectivity index (χ1) is 30.3. The number of nitrogens with one attached hydrogen (secondary N) is 3. The van der Waals surface area contributed by atoms with Gasteiger partial charge in [0.25, 0.3) is 11.8 Å². The van der Waals surface area contributed by atoms with Gasteiger partial charge < -0.3 is 34.2 Å². The molecule has 0 aliphatic carbocycles. The zero-order chi connectivity index (χ0) is 44.6. The molecule has 4 aliphatic heterocycles. The molecule has 3 atom stereocenters. The second-order valence-corrected chi connectivity index (χ2v) is 18.9. The third-order valence-electron chi connectivity index (χ3n) is 12.4. The molecule has 0 spiro atoms. The van der Waals surface area contributed by atoms with E-state index in [1.807, 2.05) is 18.2 Å². The molecule has 0 bridgehead atoms. The normalized spacial score (nSPS) is 21.1. The monoisotopic (exact) mass is 899 g/mol. The second-order valence-electron chi connectivity index (χ2n) is 16.3. The molecule has 19 heteroatoms. The summed E-state index contributed by atoms with van der Waals surface area (Å²) in [4.78, 5) is 68.2. The standard InChI is InChI=1S/C44H51ClN9O8P/c1-26-23-52(29-10-12-31-32(20-29)43(58)54(42(31)57)36-14-15-39(55)49-41(36)56)24-27(2)53(26)25-28-16-18-51(19-17-28)30-11-13-34(37(21-30)60-3)48-44-46-22-33(45)40(50-44)47-35-8-6-7-9-38(35)63(59,61-4)62-5/h6-13,20-22,26-28,36H,14-19,23-25H2,1-5H3,(H,49,55,56)(H2,46,47,48,50). The Hall–Kier alpha value is -5.58. The summed E-state index contributed by atoms with van der Waals surface area (Å²) in [5.41, 5.74) is 3.63. The first-order valence-corrected chi connectivity index (χ1v) is 22.9. The number of imide groups is 2. The third kappa shape index (κ3) is 8.85. The van der Waals surface area contributed by atoms with E-state index in [4.69, 9.17) is 25.4 Å². The molecule has 4 aliphatic rings. The Bertz CT molecular complexity index is 2470. The van der Waals surface area contributed by atoms with E-state index in [1.54, 1.807) is 43.5 Å². The highest BCUT2D eigenvalue weighted by atomic mass is 35.5. The molecule has 5 heterocycles. The van der Waals surface area contributed by atoms with Crippen LogP contribution in [0.3, 0.4) is 0 Å². The van der Waals surface area contributed by atoms with Crippen LogP contribution in [-0.2, 0) is 23.2 Å². The Morgan fingerprint density at radius 2 is 1.51 bits per heavy atom. The van der Waals surface area contributed by atoms with E-state index in [0.717, 1.165) is 61.8 Å². The van der Waals surface area contributed by atoms with E-state index in [2.05, 4.69) is 60.5 Å². The Morgan fingerprint density at radius 1 is 0.825 bits per heavy atom. The van der Waals surface area contributed by atoms with E-state index >= 15 is 0 Å². The number of methoxy groups -OCH3 is 1. The van der Waals surface area contributed by atoms with Crippen LogP contribution in [0.15, 0.2) is 66.9 Å². The molecule has 332 valence electrons. The summed E-state index contributed by atoms with van der Waals surface area (Å²) >= 11 is 6.49. The first-order valence-electron chi connectivity index (χ1n) is 21.0. The molecule has 8 rings (SSSR count). The maximum absolute atomic E-state index is 13.5. The van der Waals surface area contributed by atoms with Crippen molar-refractivity contribution in [1.82, 2.24) is 25.1 Å². The minimum atomic E-state index is -3.58. The summed E-state index contributed by atoms with van der Waals surface area (Å²) < 4.78 is 29.5. The van der Waals surface area contributed by atoms with Crippen LogP contribution in [0, 0.1) is 5.92 Å². The molecular weight excluding hydrogens is 849 g/mol. The van der Waals surface area contributed by atoms with Crippen molar-refractivity contribution in [3.63, 3.8) is 0 Å². The maximum Gasteiger partial charge on any atom is 0.362 e. The largest absolute Gasteiger partial charge is 0.494 e. The quantitative estimate of drug-likeness (QED) is 0.105. The van der Waals surface area contributed by atoms with Crippen molar-refractivity contribution in [2.24, 2.45) is 5.92 Å². The third-order valence-corrected chi connectivity index (χ3v) is 14.7. The number of carbonyl (C=O) groups excluding carboxylic acids is 4. The number of para-hydroxylation sites is 1. The molecule has 3 saturated heterocycles. The predicted molar refractivity (Wildman–Crippen MR) is 240 cm³/mol. The van der Waals surface area contributed by atoms with Crippen LogP contribution in [0.1, 0.15) is 60.2 Å². The van der Waals surface area contributed by atoms with Crippen molar-refractivity contribution < 1.29 is 37.5 Å². The highest BCUT2D eigenvalue weighted by Crippen LogP contribution is 2.47. The van der Waals surface area contributed by atoms with Crippen molar-refractivity contribution in [2.75, 3.05) is 74.5 Å². The number of benzene rings is 3. The lowest BCUT2D eigenvalue weighted by molar-refractivity contribution is -0.136. The Morgan fingerprint density at radius 3 is 2.21 bits per heavy atom. The number of rotatable bonds is 13. The van der Waals surface area contributed by atoms with Crippen molar-refractivity contribution >= 4 is 82.6 Å². The fourth-order valence-electron chi connectivity index (χ4n) is 9.09. The van der Waals surface area contributed by atoms with E-state index < -0.39 is 37.3 Å². The van der Waals surface area contributed by atoms with E-state index in [1.165, 1.54) is 20.4 Å². The number of nitrogens with zero attached hydrogens (tertiary/aromatic N) is 6. The first kappa shape index (κ1) is 44.0. The van der Waals surface area contributed by atoms with Crippen LogP contribution in [0.25, 0.3) is 0 Å². The SMILES string of the molecule is COc1cc(N2CCC(CN3C(C)CN(c4ccc5c(c4)C(=O)N(C4CCC(=O)NC4=O)C5=O)CC3C)CC2)ccc1Nc1ncc(Cl)c(Nc2ccccc2P(=O)(OC)OC)n1. The second kappa shape index (κ2) is 18.3. The van der Waals surface area contributed by atoms with E-state index in [9.17, 15) is 23.7 Å². The highest BCUT2D eigenvalue weighted by molar-refractivity contribution is 7.62. The number of amides is 4. The van der Waals surface area contributed by atoms with Gasteiger partial charge in [0, 0.05) is 82.9 Å². The van der Waals surface area contributed by atoms with Gasteiger partial charge in [-0.25, -0.2) is 4.98 Å². The van der Waals surface area contributed by atoms with Gasteiger partial charge in [0.05, 0.1) is 41.1 Å². The lowest BCUT2D eigenvalue weighted by Crippen LogP contribution is -2.58. The van der Waals surface area contributed by atoms with Crippen LogP contribution in [0.2, 0.25) is 5.02 Å². The number of aromatic nitrogens is 2. The molecule has 17 nitrogen and oxygen atoms in total. The summed E-state index contributed by atoms with van der Waals surface area (Å²) in [5, 5.41) is 9.24. The lowest BCUT2D eigenvalue weighted by Gasteiger charge is -2.47. The number of hydrogen-bond acceptors (Lipinski definition) is 15.